The number of methoxy groups -OCH3 is 1. The van der Waals surface area contributed by atoms with Crippen LogP contribution in [0.1, 0.15) is 12.0 Å². The molecular weight excluding hydrogens is 254 g/mol. The number of carbonyl (C=O) groups is 1. The fourth-order valence-corrected chi connectivity index (χ4v) is 1.33. The first kappa shape index (κ1) is 14.3. The number of hydrogen-bond donors (Lipinski definition) is 0. The molecule has 0 saturated carbocycles. The molecule has 0 N–H and O–H groups in total. The van der Waals surface area contributed by atoms with E-state index in [1.54, 1.807) is 30.3 Å². The van der Waals surface area contributed by atoms with Crippen LogP contribution < -0.4 is 0 Å². The molecule has 18 heavy (non-hydrogen) atoms. The van der Waals surface area contributed by atoms with Crippen LogP contribution in [-0.2, 0) is 14.4 Å². The summed E-state index contributed by atoms with van der Waals surface area (Å²) >= 11 is 5.80. The number of ether oxygens (including phenoxy) is 1. The van der Waals surface area contributed by atoms with Gasteiger partial charge in [0.25, 0.3) is 0 Å². The Morgan fingerprint density at radius 1 is 1.44 bits per heavy atom. The van der Waals surface area contributed by atoms with Crippen molar-refractivity contribution in [2.75, 3.05) is 13.7 Å². The number of oxime groups is 1. The highest BCUT2D eigenvalue weighted by Crippen LogP contribution is 2.12. The van der Waals surface area contributed by atoms with Crippen LogP contribution in [0.25, 0.3) is 0 Å². The van der Waals surface area contributed by atoms with Crippen molar-refractivity contribution in [1.29, 1.82) is 0 Å². The second kappa shape index (κ2) is 7.50. The Morgan fingerprint density at radius 2 is 2.11 bits per heavy atom. The van der Waals surface area contributed by atoms with Crippen molar-refractivity contribution in [1.82, 2.24) is 0 Å². The largest absolute Gasteiger partial charge is 0.469 e. The Morgan fingerprint density at radius 3 is 2.67 bits per heavy atom. The molecule has 0 amide bonds. The van der Waals surface area contributed by atoms with E-state index in [2.05, 4.69) is 16.5 Å². The quantitative estimate of drug-likeness (QED) is 0.262. The van der Waals surface area contributed by atoms with Crippen LogP contribution in [0.5, 0.6) is 0 Å². The Kier molecular flexibility index (Phi) is 5.94. The first-order valence-corrected chi connectivity index (χ1v) is 5.67. The topological polar surface area (TPSA) is 47.9 Å². The number of benzene rings is 1. The lowest BCUT2D eigenvalue weighted by Crippen LogP contribution is -2.11. The third kappa shape index (κ3) is 4.59. The van der Waals surface area contributed by atoms with E-state index < -0.39 is 0 Å². The lowest BCUT2D eigenvalue weighted by atomic mass is 10.1. The summed E-state index contributed by atoms with van der Waals surface area (Å²) in [6.45, 7) is 3.79. The van der Waals surface area contributed by atoms with Crippen LogP contribution >= 0.6 is 11.6 Å². The second-order valence-corrected chi connectivity index (χ2v) is 3.82. The minimum atomic E-state index is -0.383. The molecule has 1 aromatic carbocycles. The summed E-state index contributed by atoms with van der Waals surface area (Å²) in [6.07, 6.45) is 1.61. The standard InChI is InChI=1S/C13H14ClNO3/c1-3-8-18-15-12(9-13(16)17-2)10-4-6-11(14)7-5-10/h3-7H,1,8-9H2,2H3/b15-12+. The molecule has 0 saturated heterocycles. The number of nitrogens with zero attached hydrogens (tertiary/aromatic N) is 1. The molecular formula is C13H14ClNO3. The summed E-state index contributed by atoms with van der Waals surface area (Å²) in [5.74, 6) is -0.383. The van der Waals surface area contributed by atoms with Gasteiger partial charge in [-0.15, -0.1) is 0 Å². The van der Waals surface area contributed by atoms with E-state index in [4.69, 9.17) is 16.4 Å². The monoisotopic (exact) mass is 267 g/mol. The van der Waals surface area contributed by atoms with Crippen LogP contribution in [-0.4, -0.2) is 25.4 Å². The molecule has 96 valence electrons. The van der Waals surface area contributed by atoms with Crippen molar-refractivity contribution in [2.45, 2.75) is 6.42 Å². The third-order valence-corrected chi connectivity index (χ3v) is 2.34. The molecule has 0 bridgehead atoms. The summed E-state index contributed by atoms with van der Waals surface area (Å²) < 4.78 is 4.61. The summed E-state index contributed by atoms with van der Waals surface area (Å²) in [5, 5.41) is 4.52. The Balaban J connectivity index is 2.88. The molecule has 0 atom stereocenters. The molecule has 0 radical (unpaired) electrons. The number of esters is 1. The number of rotatable bonds is 6. The highest BCUT2D eigenvalue weighted by Gasteiger charge is 2.11. The summed E-state index contributed by atoms with van der Waals surface area (Å²) in [7, 11) is 1.33. The van der Waals surface area contributed by atoms with Gasteiger partial charge < -0.3 is 9.57 Å². The molecule has 0 aliphatic carbocycles. The van der Waals surface area contributed by atoms with Crippen molar-refractivity contribution < 1.29 is 14.4 Å². The van der Waals surface area contributed by atoms with Gasteiger partial charge in [-0.2, -0.15) is 0 Å². The first-order valence-electron chi connectivity index (χ1n) is 5.30. The van der Waals surface area contributed by atoms with Crippen LogP contribution in [0.2, 0.25) is 5.02 Å². The average Bonchev–Trinajstić information content (AvgIpc) is 2.38. The number of halogens is 1. The van der Waals surface area contributed by atoms with E-state index >= 15 is 0 Å². The highest BCUT2D eigenvalue weighted by molar-refractivity contribution is 6.30. The smallest absolute Gasteiger partial charge is 0.311 e. The highest BCUT2D eigenvalue weighted by atomic mass is 35.5. The first-order chi connectivity index (χ1) is 8.67. The van der Waals surface area contributed by atoms with Gasteiger partial charge in [-0.25, -0.2) is 0 Å². The van der Waals surface area contributed by atoms with Gasteiger partial charge in [0.1, 0.15) is 6.61 Å². The van der Waals surface area contributed by atoms with E-state index in [-0.39, 0.29) is 19.0 Å². The zero-order valence-corrected chi connectivity index (χ0v) is 10.8. The molecule has 0 aromatic heterocycles. The Labute approximate surface area is 111 Å². The van der Waals surface area contributed by atoms with E-state index in [1.165, 1.54) is 7.11 Å². The fourth-order valence-electron chi connectivity index (χ4n) is 1.21. The van der Waals surface area contributed by atoms with Gasteiger partial charge in [0, 0.05) is 5.02 Å². The van der Waals surface area contributed by atoms with E-state index in [0.717, 1.165) is 5.56 Å². The van der Waals surface area contributed by atoms with Gasteiger partial charge in [0.05, 0.1) is 19.2 Å². The SMILES string of the molecule is C=CCO/N=C(\CC(=O)OC)c1ccc(Cl)cc1. The van der Waals surface area contributed by atoms with Crippen molar-refractivity contribution in [2.24, 2.45) is 5.16 Å². The third-order valence-electron chi connectivity index (χ3n) is 2.08. The van der Waals surface area contributed by atoms with E-state index in [1.807, 2.05) is 0 Å². The predicted octanol–water partition coefficient (Wildman–Crippen LogP) is 2.81. The maximum Gasteiger partial charge on any atom is 0.311 e. The molecule has 1 rings (SSSR count). The molecule has 1 aromatic rings. The Bertz CT molecular complexity index is 440. The van der Waals surface area contributed by atoms with Gasteiger partial charge in [-0.1, -0.05) is 41.5 Å². The molecule has 5 heteroatoms. The van der Waals surface area contributed by atoms with Crippen LogP contribution in [0.3, 0.4) is 0 Å². The van der Waals surface area contributed by atoms with Crippen molar-refractivity contribution >= 4 is 23.3 Å². The maximum atomic E-state index is 11.3. The summed E-state index contributed by atoms with van der Waals surface area (Å²) in [4.78, 5) is 16.3. The van der Waals surface area contributed by atoms with Gasteiger partial charge >= 0.3 is 5.97 Å². The summed E-state index contributed by atoms with van der Waals surface area (Å²) in [5.41, 5.74) is 1.24. The molecule has 0 aliphatic rings. The molecule has 0 unspecified atom stereocenters. The normalized spacial score (nSPS) is 10.9. The average molecular weight is 268 g/mol. The van der Waals surface area contributed by atoms with E-state index in [9.17, 15) is 4.79 Å². The van der Waals surface area contributed by atoms with Crippen molar-refractivity contribution in [3.8, 4) is 0 Å². The van der Waals surface area contributed by atoms with Gasteiger partial charge in [-0.3, -0.25) is 4.79 Å². The number of hydrogen-bond acceptors (Lipinski definition) is 4. The Hall–Kier alpha value is -1.81. The van der Waals surface area contributed by atoms with Crippen LogP contribution in [0.15, 0.2) is 42.1 Å². The van der Waals surface area contributed by atoms with Crippen molar-refractivity contribution in [3.05, 3.63) is 47.5 Å². The lowest BCUT2D eigenvalue weighted by molar-refractivity contribution is -0.139. The second-order valence-electron chi connectivity index (χ2n) is 3.38. The van der Waals surface area contributed by atoms with Crippen LogP contribution in [0, 0.1) is 0 Å². The van der Waals surface area contributed by atoms with Gasteiger partial charge in [0.15, 0.2) is 0 Å². The van der Waals surface area contributed by atoms with Gasteiger partial charge in [0.2, 0.25) is 0 Å². The van der Waals surface area contributed by atoms with Crippen molar-refractivity contribution in [3.63, 3.8) is 0 Å². The van der Waals surface area contributed by atoms with E-state index in [0.29, 0.717) is 10.7 Å². The fraction of sp³-hybridized carbons (Fsp3) is 0.231. The minimum Gasteiger partial charge on any atom is -0.469 e. The zero-order valence-electron chi connectivity index (χ0n) is 10.1. The zero-order chi connectivity index (χ0) is 13.4. The molecule has 4 nitrogen and oxygen atoms in total. The predicted molar refractivity (Wildman–Crippen MR) is 70.8 cm³/mol. The maximum absolute atomic E-state index is 11.3. The molecule has 0 spiro atoms. The van der Waals surface area contributed by atoms with Crippen LogP contribution in [0.4, 0.5) is 0 Å². The van der Waals surface area contributed by atoms with Gasteiger partial charge in [-0.05, 0) is 17.7 Å². The minimum absolute atomic E-state index is 0.0370. The summed E-state index contributed by atoms with van der Waals surface area (Å²) in [6, 6.07) is 6.97. The molecule has 0 heterocycles. The number of carbonyl (C=O) groups excluding carboxylic acids is 1. The lowest BCUT2D eigenvalue weighted by Gasteiger charge is -2.05. The molecule has 0 fully saturated rings. The molecule has 0 aliphatic heterocycles.